The van der Waals surface area contributed by atoms with E-state index >= 15 is 0 Å². The largest absolute Gasteiger partial charge is 0.132 e. The van der Waals surface area contributed by atoms with Gasteiger partial charge in [-0.3, -0.25) is 0 Å². The average molecular weight is 473 g/mol. The lowest BCUT2D eigenvalue weighted by Crippen LogP contribution is -2.33. The lowest BCUT2D eigenvalue weighted by molar-refractivity contribution is 1.36. The summed E-state index contributed by atoms with van der Waals surface area (Å²) in [6.07, 6.45) is 0. The average Bonchev–Trinajstić information content (AvgIpc) is 2.41. The maximum absolute atomic E-state index is 3.61. The lowest BCUT2D eigenvalue weighted by atomic mass is 10.8. The summed E-state index contributed by atoms with van der Waals surface area (Å²) in [6, 6.07) is 3.99. The Balaban J connectivity index is 6.08. The zero-order valence-electron chi connectivity index (χ0n) is 21.3. The summed E-state index contributed by atoms with van der Waals surface area (Å²) in [4.78, 5) is 0. The zero-order valence-corrected chi connectivity index (χ0v) is 26.3. The highest BCUT2D eigenvalue weighted by Crippen LogP contribution is 2.25. The Morgan fingerprint density at radius 2 is 0.517 bits per heavy atom. The van der Waals surface area contributed by atoms with Gasteiger partial charge in [-0.1, -0.05) is 78.6 Å². The predicted molar refractivity (Wildman–Crippen MR) is 149 cm³/mol. The normalized spacial score (nSPS) is 12.3. The van der Waals surface area contributed by atoms with Crippen LogP contribution in [0, 0.1) is 45.9 Å². The van der Waals surface area contributed by atoms with Crippen molar-refractivity contribution in [2.24, 2.45) is 0 Å². The molecule has 0 nitrogen and oxygen atoms in total. The first-order valence-corrected chi connectivity index (χ1v) is 27.7. The molecule has 0 radical (unpaired) electrons. The van der Waals surface area contributed by atoms with E-state index in [0.29, 0.717) is 0 Å². The monoisotopic (exact) mass is 472 g/mol. The number of hydrogen-bond donors (Lipinski definition) is 0. The van der Waals surface area contributed by atoms with Crippen LogP contribution in [0.1, 0.15) is 0 Å². The van der Waals surface area contributed by atoms with Gasteiger partial charge in [-0.05, 0) is 0 Å². The molecule has 0 N–H and O–H groups in total. The van der Waals surface area contributed by atoms with Crippen molar-refractivity contribution >= 4 is 40.4 Å². The second-order valence-electron chi connectivity index (χ2n) is 12.4. The maximum atomic E-state index is 3.61. The molecule has 0 saturated carbocycles. The van der Waals surface area contributed by atoms with Crippen LogP contribution in [0.25, 0.3) is 0 Å². The smallest absolute Gasteiger partial charge is 0.129 e. The van der Waals surface area contributed by atoms with Crippen molar-refractivity contribution in [2.75, 3.05) is 0 Å². The third-order valence-corrected chi connectivity index (χ3v) is 11.1. The second-order valence-corrected chi connectivity index (χ2v) is 35.8. The van der Waals surface area contributed by atoms with Gasteiger partial charge in [-0.25, -0.2) is 0 Å². The van der Waals surface area contributed by atoms with Crippen molar-refractivity contribution in [1.29, 1.82) is 0 Å². The summed E-state index contributed by atoms with van der Waals surface area (Å²) >= 11 is 0. The van der Waals surface area contributed by atoms with Crippen LogP contribution in [-0.4, -0.2) is 40.4 Å². The topological polar surface area (TPSA) is 0 Å². The highest BCUT2D eigenvalue weighted by molar-refractivity contribution is 6.87. The molecule has 0 fully saturated rings. The summed E-state index contributed by atoms with van der Waals surface area (Å²) in [5, 5.41) is 0. The summed E-state index contributed by atoms with van der Waals surface area (Å²) in [5.41, 5.74) is 14.4. The van der Waals surface area contributed by atoms with E-state index in [2.05, 4.69) is 124 Å². The fraction of sp³-hybridized carbons (Fsp3) is 0.667. The van der Waals surface area contributed by atoms with E-state index in [1.807, 2.05) is 0 Å². The van der Waals surface area contributed by atoms with E-state index < -0.39 is 40.4 Å². The van der Waals surface area contributed by atoms with Crippen LogP contribution in [0.15, 0.2) is 0 Å². The minimum Gasteiger partial charge on any atom is -0.132 e. The molecule has 0 heterocycles. The van der Waals surface area contributed by atoms with E-state index in [4.69, 9.17) is 0 Å². The van der Waals surface area contributed by atoms with Crippen molar-refractivity contribution in [1.82, 2.24) is 0 Å². The predicted octanol–water partition coefficient (Wildman–Crippen LogP) is 6.96. The molecule has 160 valence electrons. The van der Waals surface area contributed by atoms with Crippen LogP contribution in [-0.2, 0) is 0 Å². The highest BCUT2D eigenvalue weighted by Gasteiger charge is 2.31. The minimum absolute atomic E-state index is 0.998. The Labute approximate surface area is 188 Å². The van der Waals surface area contributed by atoms with Crippen LogP contribution in [0.3, 0.4) is 0 Å². The van der Waals surface area contributed by atoms with Gasteiger partial charge in [0.2, 0.25) is 0 Å². The van der Waals surface area contributed by atoms with Crippen LogP contribution in [0.5, 0.6) is 0 Å². The molecular weight excluding hydrogens is 429 g/mol. The third-order valence-electron chi connectivity index (χ3n) is 3.71. The molecule has 0 saturated heterocycles. The number of rotatable bonds is 4. The first-order chi connectivity index (χ1) is 12.8. The van der Waals surface area contributed by atoms with Crippen molar-refractivity contribution in [3.05, 3.63) is 0 Å². The molecule has 29 heavy (non-hydrogen) atoms. The molecule has 0 rings (SSSR count). The van der Waals surface area contributed by atoms with Gasteiger partial charge in [-0.2, -0.15) is 0 Å². The molecule has 0 aliphatic carbocycles. The van der Waals surface area contributed by atoms with Crippen LogP contribution >= 0.6 is 0 Å². The Bertz CT molecular complexity index is 639. The van der Waals surface area contributed by atoms with Gasteiger partial charge < -0.3 is 0 Å². The van der Waals surface area contributed by atoms with Crippen LogP contribution in [0.4, 0.5) is 0 Å². The second kappa shape index (κ2) is 11.1. The van der Waals surface area contributed by atoms with Gasteiger partial charge in [0.05, 0.1) is 0 Å². The summed E-state index contributed by atoms with van der Waals surface area (Å²) in [7, 11) is -7.27. The first kappa shape index (κ1) is 28.3. The Hall–Kier alpha value is -0.676. The maximum Gasteiger partial charge on any atom is 0.129 e. The quantitative estimate of drug-likeness (QED) is 0.306. The van der Waals surface area contributed by atoms with Crippen molar-refractivity contribution in [3.63, 3.8) is 0 Å². The van der Waals surface area contributed by atoms with E-state index in [1.54, 1.807) is 0 Å². The van der Waals surface area contributed by atoms with E-state index in [9.17, 15) is 0 Å². The summed E-state index contributed by atoms with van der Waals surface area (Å²) in [5.74, 6) is 14.5. The molecule has 0 bridgehead atoms. The molecule has 5 heteroatoms. The van der Waals surface area contributed by atoms with Crippen molar-refractivity contribution < 1.29 is 0 Å². The van der Waals surface area contributed by atoms with E-state index in [-0.39, 0.29) is 0 Å². The Morgan fingerprint density at radius 1 is 0.345 bits per heavy atom. The minimum atomic E-state index is -1.80. The molecular formula is C24H44Si5. The SMILES string of the molecule is C[Si](C)(C)C#CC[Si](CC#C[Si](C)(C)C)(CC#C[Si](C)(C)C)CC#C[Si](C)(C)C. The third kappa shape index (κ3) is 17.9. The van der Waals surface area contributed by atoms with Gasteiger partial charge in [0.25, 0.3) is 0 Å². The van der Waals surface area contributed by atoms with Gasteiger partial charge in [0, 0.05) is 24.2 Å². The number of hydrogen-bond acceptors (Lipinski definition) is 0. The van der Waals surface area contributed by atoms with Crippen molar-refractivity contribution in [2.45, 2.75) is 103 Å². The van der Waals surface area contributed by atoms with Gasteiger partial charge in [0.15, 0.2) is 0 Å². The van der Waals surface area contributed by atoms with Crippen LogP contribution in [0.2, 0.25) is 103 Å². The molecule has 0 aromatic rings. The molecule has 0 aromatic heterocycles. The fourth-order valence-corrected chi connectivity index (χ4v) is 8.15. The van der Waals surface area contributed by atoms with E-state index in [1.165, 1.54) is 0 Å². The Morgan fingerprint density at radius 3 is 0.655 bits per heavy atom. The Kier molecular flexibility index (Phi) is 10.8. The molecule has 0 spiro atoms. The molecule has 0 aromatic carbocycles. The molecule has 0 atom stereocenters. The fourth-order valence-electron chi connectivity index (χ4n) is 2.36. The van der Waals surface area contributed by atoms with Crippen molar-refractivity contribution in [3.8, 4) is 45.9 Å². The summed E-state index contributed by atoms with van der Waals surface area (Å²) < 4.78 is 0. The van der Waals surface area contributed by atoms with Gasteiger partial charge in [0.1, 0.15) is 40.4 Å². The lowest BCUT2D eigenvalue weighted by Gasteiger charge is -2.24. The van der Waals surface area contributed by atoms with Gasteiger partial charge >= 0.3 is 0 Å². The summed E-state index contributed by atoms with van der Waals surface area (Å²) in [6.45, 7) is 27.9. The molecule has 0 aliphatic heterocycles. The first-order valence-electron chi connectivity index (χ1n) is 10.8. The van der Waals surface area contributed by atoms with Gasteiger partial charge in [-0.15, -0.1) is 45.9 Å². The zero-order chi connectivity index (χ0) is 23.0. The standard InChI is InChI=1S/C24H44Si5/c1-25(2,3)17-13-21-29(22-14-18-26(4,5)6,23-15-19-27(7,8)9)24-16-20-28(10,11)12/h21-24H2,1-12H3. The molecule has 0 aliphatic rings. The highest BCUT2D eigenvalue weighted by atomic mass is 28.3. The molecule has 0 unspecified atom stereocenters. The van der Waals surface area contributed by atoms with Crippen LogP contribution < -0.4 is 0 Å². The molecule has 0 amide bonds. The van der Waals surface area contributed by atoms with E-state index in [0.717, 1.165) is 24.2 Å².